The molecule has 2 aromatic carbocycles. The largest absolute Gasteiger partial charge is 0.508 e. The van der Waals surface area contributed by atoms with Crippen molar-refractivity contribution in [2.24, 2.45) is 0 Å². The summed E-state index contributed by atoms with van der Waals surface area (Å²) in [6, 6.07) is 13.4. The number of hydrogen-bond donors (Lipinski definition) is 2. The highest BCUT2D eigenvalue weighted by Gasteiger charge is 2.16. The molecule has 21 heavy (non-hydrogen) atoms. The lowest BCUT2D eigenvalue weighted by molar-refractivity contribution is 0.434. The van der Waals surface area contributed by atoms with Gasteiger partial charge in [-0.1, -0.05) is 17.8 Å². The Bertz CT molecular complexity index is 708. The molecule has 3 aromatic rings. The van der Waals surface area contributed by atoms with E-state index in [2.05, 4.69) is 11.7 Å². The molecule has 104 valence electrons. The van der Waals surface area contributed by atoms with E-state index in [-0.39, 0.29) is 11.5 Å². The van der Waals surface area contributed by atoms with Gasteiger partial charge in [0.25, 0.3) is 0 Å². The fourth-order valence-corrected chi connectivity index (χ4v) is 2.14. The first-order valence-electron chi connectivity index (χ1n) is 6.40. The standard InChI is InChI=1S/C17H13NO3/c1-2-15-16(11-3-7-13(19)8-4-11)18-21-17(15)12-5-9-14(20)10-6-12/h2-10,19-20H,1H2. The Balaban J connectivity index is 2.10. The average molecular weight is 279 g/mol. The van der Waals surface area contributed by atoms with Crippen molar-refractivity contribution >= 4 is 6.08 Å². The van der Waals surface area contributed by atoms with Crippen LogP contribution >= 0.6 is 0 Å². The maximum absolute atomic E-state index is 9.35. The van der Waals surface area contributed by atoms with Crippen LogP contribution in [-0.4, -0.2) is 15.4 Å². The van der Waals surface area contributed by atoms with E-state index in [9.17, 15) is 10.2 Å². The first-order chi connectivity index (χ1) is 10.2. The predicted molar refractivity (Wildman–Crippen MR) is 80.8 cm³/mol. The summed E-state index contributed by atoms with van der Waals surface area (Å²) in [5, 5.41) is 22.8. The van der Waals surface area contributed by atoms with E-state index in [1.54, 1.807) is 54.6 Å². The highest BCUT2D eigenvalue weighted by Crippen LogP contribution is 2.34. The topological polar surface area (TPSA) is 66.5 Å². The summed E-state index contributed by atoms with van der Waals surface area (Å²) in [4.78, 5) is 0. The second-order valence-electron chi connectivity index (χ2n) is 4.57. The van der Waals surface area contributed by atoms with Crippen LogP contribution in [0, 0.1) is 0 Å². The van der Waals surface area contributed by atoms with Crippen LogP contribution in [-0.2, 0) is 0 Å². The third kappa shape index (κ3) is 2.39. The highest BCUT2D eigenvalue weighted by molar-refractivity contribution is 5.81. The van der Waals surface area contributed by atoms with Crippen molar-refractivity contribution in [2.45, 2.75) is 0 Å². The van der Waals surface area contributed by atoms with Gasteiger partial charge >= 0.3 is 0 Å². The van der Waals surface area contributed by atoms with Gasteiger partial charge in [0.05, 0.1) is 0 Å². The number of phenolic OH excluding ortho intramolecular Hbond substituents is 2. The number of nitrogens with zero attached hydrogens (tertiary/aromatic N) is 1. The van der Waals surface area contributed by atoms with E-state index in [0.717, 1.165) is 16.7 Å². The minimum Gasteiger partial charge on any atom is -0.508 e. The maximum Gasteiger partial charge on any atom is 0.174 e. The van der Waals surface area contributed by atoms with Crippen LogP contribution in [0.15, 0.2) is 59.6 Å². The molecule has 0 aliphatic heterocycles. The lowest BCUT2D eigenvalue weighted by Gasteiger charge is -2.00. The van der Waals surface area contributed by atoms with Gasteiger partial charge < -0.3 is 14.7 Å². The van der Waals surface area contributed by atoms with Crippen LogP contribution in [0.5, 0.6) is 11.5 Å². The third-order valence-electron chi connectivity index (χ3n) is 3.20. The van der Waals surface area contributed by atoms with E-state index >= 15 is 0 Å². The zero-order valence-corrected chi connectivity index (χ0v) is 11.2. The monoisotopic (exact) mass is 279 g/mol. The molecule has 0 aliphatic rings. The van der Waals surface area contributed by atoms with E-state index in [4.69, 9.17) is 4.52 Å². The van der Waals surface area contributed by atoms with Crippen molar-refractivity contribution in [2.75, 3.05) is 0 Å². The van der Waals surface area contributed by atoms with Crippen LogP contribution in [0.25, 0.3) is 28.7 Å². The SMILES string of the molecule is C=Cc1c(-c2ccc(O)cc2)noc1-c1ccc(O)cc1. The van der Waals surface area contributed by atoms with Gasteiger partial charge in [0, 0.05) is 16.7 Å². The Hall–Kier alpha value is -3.01. The Morgan fingerprint density at radius 3 is 1.90 bits per heavy atom. The molecule has 0 saturated heterocycles. The summed E-state index contributed by atoms with van der Waals surface area (Å²) in [7, 11) is 0. The molecule has 0 atom stereocenters. The van der Waals surface area contributed by atoms with E-state index in [1.807, 2.05) is 0 Å². The minimum atomic E-state index is 0.192. The number of aromatic hydroxyl groups is 2. The predicted octanol–water partition coefficient (Wildman–Crippen LogP) is 4.06. The summed E-state index contributed by atoms with van der Waals surface area (Å²) in [5.41, 5.74) is 3.07. The number of phenols is 2. The van der Waals surface area contributed by atoms with Gasteiger partial charge in [-0.05, 0) is 48.5 Å². The lowest BCUT2D eigenvalue weighted by Crippen LogP contribution is -1.82. The molecule has 0 bridgehead atoms. The zero-order chi connectivity index (χ0) is 14.8. The van der Waals surface area contributed by atoms with Gasteiger partial charge in [0.2, 0.25) is 0 Å². The lowest BCUT2D eigenvalue weighted by atomic mass is 10.0. The van der Waals surface area contributed by atoms with Crippen molar-refractivity contribution in [3.63, 3.8) is 0 Å². The minimum absolute atomic E-state index is 0.192. The summed E-state index contributed by atoms with van der Waals surface area (Å²) in [6.45, 7) is 3.81. The van der Waals surface area contributed by atoms with Crippen LogP contribution in [0.1, 0.15) is 5.56 Å². The second kappa shape index (κ2) is 5.17. The van der Waals surface area contributed by atoms with Gasteiger partial charge in [-0.2, -0.15) is 0 Å². The number of hydrogen-bond acceptors (Lipinski definition) is 4. The first-order valence-corrected chi connectivity index (χ1v) is 6.40. The summed E-state index contributed by atoms with van der Waals surface area (Å²) >= 11 is 0. The van der Waals surface area contributed by atoms with Crippen molar-refractivity contribution in [3.8, 4) is 34.1 Å². The number of benzene rings is 2. The Kier molecular flexibility index (Phi) is 3.20. The van der Waals surface area contributed by atoms with Crippen LogP contribution in [0.4, 0.5) is 0 Å². The van der Waals surface area contributed by atoms with Crippen molar-refractivity contribution in [3.05, 3.63) is 60.7 Å². The zero-order valence-electron chi connectivity index (χ0n) is 11.2. The normalized spacial score (nSPS) is 10.5. The average Bonchev–Trinajstić information content (AvgIpc) is 2.92. The smallest absolute Gasteiger partial charge is 0.174 e. The molecule has 0 aliphatic carbocycles. The number of rotatable bonds is 3. The number of aromatic nitrogens is 1. The quantitative estimate of drug-likeness (QED) is 0.758. The van der Waals surface area contributed by atoms with Crippen molar-refractivity contribution in [1.82, 2.24) is 5.16 Å². The Morgan fingerprint density at radius 2 is 1.38 bits per heavy atom. The fraction of sp³-hybridized carbons (Fsp3) is 0. The van der Waals surface area contributed by atoms with E-state index in [1.165, 1.54) is 0 Å². The Labute approximate surface area is 121 Å². The van der Waals surface area contributed by atoms with Gasteiger partial charge in [-0.25, -0.2) is 0 Å². The fourth-order valence-electron chi connectivity index (χ4n) is 2.14. The van der Waals surface area contributed by atoms with Gasteiger partial charge in [0.15, 0.2) is 5.76 Å². The van der Waals surface area contributed by atoms with Crippen molar-refractivity contribution in [1.29, 1.82) is 0 Å². The molecule has 4 heteroatoms. The molecule has 0 fully saturated rings. The van der Waals surface area contributed by atoms with Crippen LogP contribution in [0.2, 0.25) is 0 Å². The Morgan fingerprint density at radius 1 is 0.857 bits per heavy atom. The molecule has 0 spiro atoms. The van der Waals surface area contributed by atoms with Crippen LogP contribution < -0.4 is 0 Å². The molecule has 1 aromatic heterocycles. The molecule has 3 rings (SSSR count). The molecular formula is C17H13NO3. The molecule has 2 N–H and O–H groups in total. The van der Waals surface area contributed by atoms with E-state index in [0.29, 0.717) is 11.5 Å². The van der Waals surface area contributed by atoms with Crippen LogP contribution in [0.3, 0.4) is 0 Å². The molecule has 0 amide bonds. The third-order valence-corrected chi connectivity index (χ3v) is 3.20. The van der Waals surface area contributed by atoms with Gasteiger partial charge in [0.1, 0.15) is 17.2 Å². The molecule has 0 unspecified atom stereocenters. The van der Waals surface area contributed by atoms with E-state index < -0.39 is 0 Å². The second-order valence-corrected chi connectivity index (χ2v) is 4.57. The molecule has 0 saturated carbocycles. The molecule has 0 radical (unpaired) electrons. The molecular weight excluding hydrogens is 266 g/mol. The summed E-state index contributed by atoms with van der Waals surface area (Å²) in [5.74, 6) is 0.978. The first kappa shape index (κ1) is 13.0. The maximum atomic E-state index is 9.35. The highest BCUT2D eigenvalue weighted by atomic mass is 16.5. The molecule has 4 nitrogen and oxygen atoms in total. The summed E-state index contributed by atoms with van der Waals surface area (Å²) in [6.07, 6.45) is 1.68. The summed E-state index contributed by atoms with van der Waals surface area (Å²) < 4.78 is 5.43. The van der Waals surface area contributed by atoms with Gasteiger partial charge in [-0.3, -0.25) is 0 Å². The van der Waals surface area contributed by atoms with Crippen molar-refractivity contribution < 1.29 is 14.7 Å². The molecule has 1 heterocycles. The van der Waals surface area contributed by atoms with Gasteiger partial charge in [-0.15, -0.1) is 0 Å².